The molecular weight excluding hydrogens is 318 g/mol. The normalized spacial score (nSPS) is 10.3. The van der Waals surface area contributed by atoms with Gasteiger partial charge in [0.1, 0.15) is 0 Å². The van der Waals surface area contributed by atoms with Crippen molar-refractivity contribution in [1.82, 2.24) is 0 Å². The van der Waals surface area contributed by atoms with Crippen LogP contribution in [-0.4, -0.2) is 40.8 Å². The molecular formula is C12H16BrNO3S. The zero-order chi connectivity index (χ0) is 13.4. The van der Waals surface area contributed by atoms with Crippen molar-refractivity contribution in [2.24, 2.45) is 0 Å². The van der Waals surface area contributed by atoms with Crippen molar-refractivity contribution in [3.63, 3.8) is 0 Å². The number of carboxylic acid groups (broad SMARTS) is 1. The van der Waals surface area contributed by atoms with Crippen molar-refractivity contribution in [3.05, 3.63) is 28.2 Å². The molecule has 1 rings (SSSR count). The minimum Gasteiger partial charge on any atom is -0.478 e. The number of carbonyl (C=O) groups is 1. The van der Waals surface area contributed by atoms with Gasteiger partial charge in [-0.2, -0.15) is 11.8 Å². The molecule has 0 heterocycles. The third-order valence-electron chi connectivity index (χ3n) is 2.24. The van der Waals surface area contributed by atoms with Gasteiger partial charge in [-0.15, -0.1) is 0 Å². The third-order valence-corrected chi connectivity index (χ3v) is 3.97. The summed E-state index contributed by atoms with van der Waals surface area (Å²) in [6.07, 6.45) is 0.794. The molecule has 0 amide bonds. The van der Waals surface area contributed by atoms with Crippen molar-refractivity contribution in [1.29, 1.82) is 0 Å². The van der Waals surface area contributed by atoms with Gasteiger partial charge in [0.2, 0.25) is 0 Å². The maximum Gasteiger partial charge on any atom is 0.338 e. The summed E-state index contributed by atoms with van der Waals surface area (Å²) in [5, 5.41) is 20.9. The van der Waals surface area contributed by atoms with Gasteiger partial charge in [0, 0.05) is 29.1 Å². The number of rotatable bonds is 8. The minimum atomic E-state index is -0.946. The van der Waals surface area contributed by atoms with Crippen LogP contribution in [0.5, 0.6) is 0 Å². The number of anilines is 1. The quantitative estimate of drug-likeness (QED) is 0.638. The number of nitrogens with one attached hydrogen (secondary N) is 1. The van der Waals surface area contributed by atoms with E-state index >= 15 is 0 Å². The Hall–Kier alpha value is -0.720. The molecule has 1 aromatic rings. The first-order chi connectivity index (χ1) is 8.66. The molecule has 0 aliphatic rings. The highest BCUT2D eigenvalue weighted by Gasteiger charge is 2.13. The summed E-state index contributed by atoms with van der Waals surface area (Å²) in [5.74, 6) is 0.853. The topological polar surface area (TPSA) is 69.6 Å². The van der Waals surface area contributed by atoms with Gasteiger partial charge >= 0.3 is 5.97 Å². The van der Waals surface area contributed by atoms with Gasteiger partial charge in [-0.1, -0.05) is 6.07 Å². The average Bonchev–Trinajstić information content (AvgIpc) is 2.33. The van der Waals surface area contributed by atoms with Crippen LogP contribution in [0.15, 0.2) is 22.7 Å². The Balaban J connectivity index is 2.47. The van der Waals surface area contributed by atoms with E-state index in [-0.39, 0.29) is 12.2 Å². The van der Waals surface area contributed by atoms with Crippen LogP contribution in [0.3, 0.4) is 0 Å². The molecule has 0 saturated carbocycles. The van der Waals surface area contributed by atoms with Gasteiger partial charge in [-0.25, -0.2) is 4.79 Å². The number of halogens is 1. The first-order valence-corrected chi connectivity index (χ1v) is 7.56. The van der Waals surface area contributed by atoms with E-state index in [2.05, 4.69) is 21.2 Å². The summed E-state index contributed by atoms with van der Waals surface area (Å²) in [4.78, 5) is 11.1. The molecule has 0 unspecified atom stereocenters. The highest BCUT2D eigenvalue weighted by molar-refractivity contribution is 9.10. The molecule has 4 nitrogen and oxygen atoms in total. The van der Waals surface area contributed by atoms with Crippen molar-refractivity contribution >= 4 is 39.3 Å². The van der Waals surface area contributed by atoms with Crippen LogP contribution in [0.2, 0.25) is 0 Å². The second-order valence-electron chi connectivity index (χ2n) is 3.58. The Morgan fingerprint density at radius 2 is 2.17 bits per heavy atom. The molecule has 0 aromatic heterocycles. The van der Waals surface area contributed by atoms with Gasteiger partial charge in [-0.3, -0.25) is 0 Å². The predicted octanol–water partition coefficient (Wildman–Crippen LogP) is 2.67. The summed E-state index contributed by atoms with van der Waals surface area (Å²) < 4.78 is 0.577. The number of aliphatic hydroxyl groups is 1. The van der Waals surface area contributed by atoms with Crippen molar-refractivity contribution in [3.8, 4) is 0 Å². The van der Waals surface area contributed by atoms with Crippen LogP contribution in [0.25, 0.3) is 0 Å². The van der Waals surface area contributed by atoms with E-state index in [1.54, 1.807) is 30.0 Å². The smallest absolute Gasteiger partial charge is 0.338 e. The number of carboxylic acids is 1. The lowest BCUT2D eigenvalue weighted by molar-refractivity contribution is 0.0697. The number of hydrogen-bond acceptors (Lipinski definition) is 4. The molecule has 0 radical (unpaired) electrons. The maximum atomic E-state index is 11.1. The second kappa shape index (κ2) is 8.39. The highest BCUT2D eigenvalue weighted by atomic mass is 79.9. The number of aromatic carboxylic acids is 1. The molecule has 0 saturated heterocycles. The average molecular weight is 334 g/mol. The zero-order valence-corrected chi connectivity index (χ0v) is 12.3. The summed E-state index contributed by atoms with van der Waals surface area (Å²) in [6.45, 7) is 0.919. The summed E-state index contributed by atoms with van der Waals surface area (Å²) >= 11 is 4.97. The first-order valence-electron chi connectivity index (χ1n) is 5.61. The molecule has 18 heavy (non-hydrogen) atoms. The van der Waals surface area contributed by atoms with Crippen LogP contribution in [-0.2, 0) is 0 Å². The minimum absolute atomic E-state index is 0.217. The molecule has 0 bridgehead atoms. The Morgan fingerprint density at radius 1 is 1.39 bits per heavy atom. The molecule has 0 fully saturated rings. The SMILES string of the molecule is O=C(O)c1c(Br)cccc1NCCSCCCO. The summed E-state index contributed by atoms with van der Waals surface area (Å²) in [6, 6.07) is 5.27. The first kappa shape index (κ1) is 15.3. The molecule has 6 heteroatoms. The van der Waals surface area contributed by atoms with Gasteiger partial charge < -0.3 is 15.5 Å². The standard InChI is InChI=1S/C12H16BrNO3S/c13-9-3-1-4-10(11(9)12(16)17)14-5-8-18-7-2-6-15/h1,3-4,14-15H,2,5-8H2,(H,16,17). The lowest BCUT2D eigenvalue weighted by atomic mass is 10.2. The van der Waals surface area contributed by atoms with Crippen molar-refractivity contribution in [2.45, 2.75) is 6.42 Å². The van der Waals surface area contributed by atoms with Crippen molar-refractivity contribution < 1.29 is 15.0 Å². The lowest BCUT2D eigenvalue weighted by Crippen LogP contribution is -2.10. The lowest BCUT2D eigenvalue weighted by Gasteiger charge is -2.10. The number of hydrogen-bond donors (Lipinski definition) is 3. The predicted molar refractivity (Wildman–Crippen MR) is 78.6 cm³/mol. The highest BCUT2D eigenvalue weighted by Crippen LogP contribution is 2.24. The molecule has 1 aromatic carbocycles. The number of thioether (sulfide) groups is 1. The molecule has 0 atom stereocenters. The van der Waals surface area contributed by atoms with Gasteiger partial charge in [0.05, 0.1) is 5.56 Å². The van der Waals surface area contributed by atoms with E-state index < -0.39 is 5.97 Å². The zero-order valence-electron chi connectivity index (χ0n) is 9.86. The Kier molecular flexibility index (Phi) is 7.15. The van der Waals surface area contributed by atoms with Crippen LogP contribution in [0.1, 0.15) is 16.8 Å². The van der Waals surface area contributed by atoms with E-state index in [1.807, 2.05) is 0 Å². The van der Waals surface area contributed by atoms with Crippen LogP contribution < -0.4 is 5.32 Å². The molecule has 0 spiro atoms. The van der Waals surface area contributed by atoms with Crippen LogP contribution in [0.4, 0.5) is 5.69 Å². The van der Waals surface area contributed by atoms with E-state index in [0.717, 1.165) is 17.9 Å². The van der Waals surface area contributed by atoms with Crippen molar-refractivity contribution in [2.75, 3.05) is 30.0 Å². The Labute approximate surface area is 119 Å². The Bertz CT molecular complexity index is 401. The van der Waals surface area contributed by atoms with E-state index in [0.29, 0.717) is 16.7 Å². The summed E-state index contributed by atoms with van der Waals surface area (Å²) in [7, 11) is 0. The van der Waals surface area contributed by atoms with Crippen LogP contribution >= 0.6 is 27.7 Å². The fraction of sp³-hybridized carbons (Fsp3) is 0.417. The third kappa shape index (κ3) is 4.88. The van der Waals surface area contributed by atoms with Crippen LogP contribution in [0, 0.1) is 0 Å². The largest absolute Gasteiger partial charge is 0.478 e. The maximum absolute atomic E-state index is 11.1. The second-order valence-corrected chi connectivity index (χ2v) is 5.66. The molecule has 0 aliphatic carbocycles. The monoisotopic (exact) mass is 333 g/mol. The number of aliphatic hydroxyl groups excluding tert-OH is 1. The van der Waals surface area contributed by atoms with Gasteiger partial charge in [-0.05, 0) is 40.2 Å². The fourth-order valence-electron chi connectivity index (χ4n) is 1.42. The number of benzene rings is 1. The molecule has 3 N–H and O–H groups in total. The van der Waals surface area contributed by atoms with E-state index in [4.69, 9.17) is 10.2 Å². The molecule has 0 aliphatic heterocycles. The fourth-order valence-corrected chi connectivity index (χ4v) is 2.73. The van der Waals surface area contributed by atoms with Gasteiger partial charge in [0.15, 0.2) is 0 Å². The van der Waals surface area contributed by atoms with E-state index in [9.17, 15) is 4.79 Å². The van der Waals surface area contributed by atoms with Gasteiger partial charge in [0.25, 0.3) is 0 Å². The van der Waals surface area contributed by atoms with E-state index in [1.165, 1.54) is 0 Å². The Morgan fingerprint density at radius 3 is 2.83 bits per heavy atom. The molecule has 100 valence electrons. The summed E-state index contributed by atoms with van der Waals surface area (Å²) in [5.41, 5.74) is 0.887.